The number of benzene rings is 10. The summed E-state index contributed by atoms with van der Waals surface area (Å²) >= 11 is 0. The van der Waals surface area contributed by atoms with Crippen molar-refractivity contribution in [1.29, 1.82) is 0 Å². The largest absolute Gasteiger partial charge is 0.310 e. The zero-order chi connectivity index (χ0) is 41.2. The molecule has 11 rings (SSSR count). The first-order valence-electron chi connectivity index (χ1n) is 21.3. The van der Waals surface area contributed by atoms with E-state index in [4.69, 9.17) is 0 Å². The molecule has 0 aliphatic heterocycles. The molecule has 0 unspecified atom stereocenters. The molecule has 0 N–H and O–H groups in total. The van der Waals surface area contributed by atoms with Gasteiger partial charge in [-0.1, -0.05) is 206 Å². The van der Waals surface area contributed by atoms with E-state index < -0.39 is 0 Å². The van der Waals surface area contributed by atoms with Crippen molar-refractivity contribution in [3.05, 3.63) is 255 Å². The molecule has 1 aromatic heterocycles. The van der Waals surface area contributed by atoms with Crippen molar-refractivity contribution < 1.29 is 0 Å². The molecule has 0 aliphatic carbocycles. The quantitative estimate of drug-likeness (QED) is 0.141. The fourth-order valence-corrected chi connectivity index (χ4v) is 9.00. The van der Waals surface area contributed by atoms with Crippen molar-refractivity contribution >= 4 is 38.9 Å². The summed E-state index contributed by atoms with van der Waals surface area (Å²) in [7, 11) is 0. The Hall–Kier alpha value is -8.20. The SMILES string of the molecule is c1ccc(-c2ccc(-c3ccc(N(c4ccccc4)c4ccc5c6ccccc6n(-c6cc(-c7ccccc7)ccc6-c6ccccc6)c5c4)c(-c4ccccc4)c3)cc2)cc1. The molecule has 0 radical (unpaired) electrons. The van der Waals surface area contributed by atoms with Gasteiger partial charge in [-0.05, 0) is 93.0 Å². The molecule has 1 heterocycles. The molecule has 11 aromatic rings. The third kappa shape index (κ3) is 6.84. The minimum Gasteiger partial charge on any atom is -0.310 e. The van der Waals surface area contributed by atoms with Crippen LogP contribution in [0.5, 0.6) is 0 Å². The normalized spacial score (nSPS) is 11.2. The Morgan fingerprint density at radius 1 is 0.258 bits per heavy atom. The van der Waals surface area contributed by atoms with Gasteiger partial charge in [0.05, 0.1) is 22.4 Å². The summed E-state index contributed by atoms with van der Waals surface area (Å²) in [6, 6.07) is 92.2. The van der Waals surface area contributed by atoms with E-state index in [9.17, 15) is 0 Å². The van der Waals surface area contributed by atoms with Crippen molar-refractivity contribution in [3.8, 4) is 61.3 Å². The van der Waals surface area contributed by atoms with Crippen LogP contribution in [0.3, 0.4) is 0 Å². The number of anilines is 3. The summed E-state index contributed by atoms with van der Waals surface area (Å²) < 4.78 is 2.48. The van der Waals surface area contributed by atoms with Crippen LogP contribution in [0, 0.1) is 0 Å². The van der Waals surface area contributed by atoms with Crippen LogP contribution in [0.2, 0.25) is 0 Å². The third-order valence-corrected chi connectivity index (χ3v) is 12.0. The highest BCUT2D eigenvalue weighted by Gasteiger charge is 2.22. The predicted octanol–water partition coefficient (Wildman–Crippen LogP) is 16.6. The lowest BCUT2D eigenvalue weighted by atomic mass is 9.95. The van der Waals surface area contributed by atoms with Gasteiger partial charge in [-0.3, -0.25) is 0 Å². The second kappa shape index (κ2) is 16.1. The van der Waals surface area contributed by atoms with Crippen LogP contribution in [0.4, 0.5) is 17.1 Å². The molecule has 0 saturated heterocycles. The van der Waals surface area contributed by atoms with Crippen LogP contribution in [0.1, 0.15) is 0 Å². The number of hydrogen-bond acceptors (Lipinski definition) is 1. The van der Waals surface area contributed by atoms with Crippen LogP contribution >= 0.6 is 0 Å². The number of nitrogens with zero attached hydrogens (tertiary/aromatic N) is 2. The minimum atomic E-state index is 1.07. The van der Waals surface area contributed by atoms with Gasteiger partial charge in [0, 0.05) is 33.3 Å². The predicted molar refractivity (Wildman–Crippen MR) is 263 cm³/mol. The number of hydrogen-bond donors (Lipinski definition) is 0. The van der Waals surface area contributed by atoms with Crippen molar-refractivity contribution in [2.45, 2.75) is 0 Å². The number of para-hydroxylation sites is 2. The van der Waals surface area contributed by atoms with Crippen LogP contribution < -0.4 is 4.90 Å². The van der Waals surface area contributed by atoms with E-state index in [0.29, 0.717) is 0 Å². The lowest BCUT2D eigenvalue weighted by Gasteiger charge is -2.28. The van der Waals surface area contributed by atoms with Gasteiger partial charge in [0.1, 0.15) is 0 Å². The van der Waals surface area contributed by atoms with Gasteiger partial charge in [-0.2, -0.15) is 0 Å². The Kier molecular flexibility index (Phi) is 9.57. The van der Waals surface area contributed by atoms with E-state index in [1.54, 1.807) is 0 Å². The van der Waals surface area contributed by atoms with Crippen molar-refractivity contribution in [1.82, 2.24) is 4.57 Å². The monoisotopic (exact) mass is 790 g/mol. The zero-order valence-electron chi connectivity index (χ0n) is 34.1. The van der Waals surface area contributed by atoms with Gasteiger partial charge in [-0.15, -0.1) is 0 Å². The Balaban J connectivity index is 1.13. The molecule has 2 nitrogen and oxygen atoms in total. The first-order valence-corrected chi connectivity index (χ1v) is 21.3. The molecule has 2 heteroatoms. The molecule has 0 spiro atoms. The average molecular weight is 791 g/mol. The standard InChI is InChI=1S/C60H42N2/c1-6-18-43(19-7-1)45-30-32-46(33-31-45)49-35-39-58(56(40-49)48-24-12-4-13-25-48)61(51-26-14-5-15-27-51)52-36-38-55-54-28-16-17-29-57(54)62(60(55)42-52)59-41-50(44-20-8-2-9-21-44)34-37-53(59)47-22-10-3-11-23-47/h1-42H. The lowest BCUT2D eigenvalue weighted by molar-refractivity contribution is 1.18. The van der Waals surface area contributed by atoms with E-state index in [1.165, 1.54) is 60.8 Å². The van der Waals surface area contributed by atoms with Crippen molar-refractivity contribution in [3.63, 3.8) is 0 Å². The summed E-state index contributed by atoms with van der Waals surface area (Å²) in [6.45, 7) is 0. The molecular formula is C60H42N2. The van der Waals surface area contributed by atoms with E-state index in [1.807, 2.05) is 0 Å². The highest BCUT2D eigenvalue weighted by Crippen LogP contribution is 2.45. The van der Waals surface area contributed by atoms with Crippen LogP contribution in [-0.2, 0) is 0 Å². The van der Waals surface area contributed by atoms with Gasteiger partial charge >= 0.3 is 0 Å². The number of rotatable bonds is 9. The average Bonchev–Trinajstić information content (AvgIpc) is 3.69. The Labute approximate surface area is 362 Å². The van der Waals surface area contributed by atoms with Gasteiger partial charge in [0.25, 0.3) is 0 Å². The second-order valence-electron chi connectivity index (χ2n) is 15.7. The van der Waals surface area contributed by atoms with E-state index in [-0.39, 0.29) is 0 Å². The van der Waals surface area contributed by atoms with Crippen molar-refractivity contribution in [2.24, 2.45) is 0 Å². The van der Waals surface area contributed by atoms with Crippen LogP contribution in [0.15, 0.2) is 255 Å². The second-order valence-corrected chi connectivity index (χ2v) is 15.7. The van der Waals surface area contributed by atoms with Gasteiger partial charge in [-0.25, -0.2) is 0 Å². The molecule has 10 aromatic carbocycles. The van der Waals surface area contributed by atoms with E-state index in [2.05, 4.69) is 264 Å². The highest BCUT2D eigenvalue weighted by molar-refractivity contribution is 6.11. The van der Waals surface area contributed by atoms with E-state index in [0.717, 1.165) is 39.4 Å². The van der Waals surface area contributed by atoms with E-state index >= 15 is 0 Å². The molecule has 0 amide bonds. The summed E-state index contributed by atoms with van der Waals surface area (Å²) in [4.78, 5) is 2.42. The first-order chi connectivity index (χ1) is 30.8. The van der Waals surface area contributed by atoms with Gasteiger partial charge in [0.2, 0.25) is 0 Å². The van der Waals surface area contributed by atoms with Crippen molar-refractivity contribution in [2.75, 3.05) is 4.90 Å². The lowest BCUT2D eigenvalue weighted by Crippen LogP contribution is -2.11. The maximum Gasteiger partial charge on any atom is 0.0562 e. The Morgan fingerprint density at radius 3 is 1.35 bits per heavy atom. The van der Waals surface area contributed by atoms with Crippen LogP contribution in [-0.4, -0.2) is 4.57 Å². The highest BCUT2D eigenvalue weighted by atomic mass is 15.1. The molecular weight excluding hydrogens is 749 g/mol. The number of aromatic nitrogens is 1. The molecule has 292 valence electrons. The Morgan fingerprint density at radius 2 is 0.710 bits per heavy atom. The molecule has 0 fully saturated rings. The smallest absolute Gasteiger partial charge is 0.0562 e. The topological polar surface area (TPSA) is 8.17 Å². The first kappa shape index (κ1) is 36.8. The van der Waals surface area contributed by atoms with Crippen LogP contribution in [0.25, 0.3) is 83.1 Å². The van der Waals surface area contributed by atoms with Gasteiger partial charge in [0.15, 0.2) is 0 Å². The summed E-state index contributed by atoms with van der Waals surface area (Å²) in [5.74, 6) is 0. The molecule has 0 bridgehead atoms. The fourth-order valence-electron chi connectivity index (χ4n) is 9.00. The fraction of sp³-hybridized carbons (Fsp3) is 0. The summed E-state index contributed by atoms with van der Waals surface area (Å²) in [5.41, 5.74) is 18.5. The maximum absolute atomic E-state index is 2.48. The summed E-state index contributed by atoms with van der Waals surface area (Å²) in [5, 5.41) is 2.43. The molecule has 0 saturated carbocycles. The third-order valence-electron chi connectivity index (χ3n) is 12.0. The zero-order valence-corrected chi connectivity index (χ0v) is 34.1. The minimum absolute atomic E-state index is 1.07. The van der Waals surface area contributed by atoms with Gasteiger partial charge < -0.3 is 9.47 Å². The molecule has 0 atom stereocenters. The molecule has 62 heavy (non-hydrogen) atoms. The summed E-state index contributed by atoms with van der Waals surface area (Å²) in [6.07, 6.45) is 0. The molecule has 0 aliphatic rings. The number of fused-ring (bicyclic) bond motifs is 3. The maximum atomic E-state index is 2.48. The Bertz CT molecular complexity index is 3300.